The molecular formula is C12H19F. The van der Waals surface area contributed by atoms with Crippen LogP contribution in [0.25, 0.3) is 0 Å². The minimum Gasteiger partial charge on any atom is -0.207 e. The first-order valence-corrected chi connectivity index (χ1v) is 4.68. The molecule has 0 aromatic carbocycles. The van der Waals surface area contributed by atoms with Gasteiger partial charge in [-0.05, 0) is 38.3 Å². The van der Waals surface area contributed by atoms with E-state index in [9.17, 15) is 4.39 Å². The van der Waals surface area contributed by atoms with Gasteiger partial charge >= 0.3 is 0 Å². The summed E-state index contributed by atoms with van der Waals surface area (Å²) in [6, 6.07) is 0. The maximum Gasteiger partial charge on any atom is 0.123 e. The average molecular weight is 182 g/mol. The van der Waals surface area contributed by atoms with Crippen molar-refractivity contribution in [3.63, 3.8) is 0 Å². The van der Waals surface area contributed by atoms with E-state index in [0.29, 0.717) is 5.92 Å². The summed E-state index contributed by atoms with van der Waals surface area (Å²) in [7, 11) is 0. The Bertz CT molecular complexity index is 234. The lowest BCUT2D eigenvalue weighted by Crippen LogP contribution is -1.93. The van der Waals surface area contributed by atoms with Gasteiger partial charge in [0.05, 0.1) is 0 Å². The summed E-state index contributed by atoms with van der Waals surface area (Å²) in [5.74, 6) is 0.245. The van der Waals surface area contributed by atoms with Crippen LogP contribution in [0, 0.1) is 5.92 Å². The van der Waals surface area contributed by atoms with Crippen molar-refractivity contribution >= 4 is 0 Å². The van der Waals surface area contributed by atoms with E-state index in [1.165, 1.54) is 6.08 Å². The van der Waals surface area contributed by atoms with Gasteiger partial charge in [0.1, 0.15) is 5.83 Å². The second-order valence-corrected chi connectivity index (χ2v) is 3.57. The summed E-state index contributed by atoms with van der Waals surface area (Å²) in [6.45, 7) is 11.6. The molecule has 0 saturated carbocycles. The molecule has 0 radical (unpaired) electrons. The Labute approximate surface area is 80.9 Å². The van der Waals surface area contributed by atoms with E-state index < -0.39 is 0 Å². The van der Waals surface area contributed by atoms with Crippen molar-refractivity contribution in [3.8, 4) is 0 Å². The summed E-state index contributed by atoms with van der Waals surface area (Å²) in [5.41, 5.74) is 1.82. The molecule has 0 aliphatic carbocycles. The first-order valence-electron chi connectivity index (χ1n) is 4.68. The molecule has 0 bridgehead atoms. The fourth-order valence-corrected chi connectivity index (χ4v) is 0.959. The van der Waals surface area contributed by atoms with E-state index >= 15 is 0 Å². The fraction of sp³-hybridized carbons (Fsp3) is 0.500. The normalized spacial score (nSPS) is 15.8. The van der Waals surface area contributed by atoms with E-state index in [-0.39, 0.29) is 5.83 Å². The molecule has 13 heavy (non-hydrogen) atoms. The van der Waals surface area contributed by atoms with Crippen LogP contribution in [0.1, 0.15) is 34.1 Å². The molecule has 0 spiro atoms. The second kappa shape index (κ2) is 5.74. The van der Waals surface area contributed by atoms with Gasteiger partial charge in [0, 0.05) is 0 Å². The standard InChI is InChI=1S/C12H19F/c1-6-10(4)11(5)8-12(13)7-9(2)3/h7-8,10H,2,6H2,1,3-5H3. The molecule has 0 heterocycles. The monoisotopic (exact) mass is 182 g/mol. The summed E-state index contributed by atoms with van der Waals surface area (Å²) < 4.78 is 13.1. The molecule has 1 heteroatoms. The molecule has 0 nitrogen and oxygen atoms in total. The van der Waals surface area contributed by atoms with Crippen LogP contribution in [0.4, 0.5) is 4.39 Å². The molecule has 0 amide bonds. The van der Waals surface area contributed by atoms with Crippen LogP contribution in [0.2, 0.25) is 0 Å². The van der Waals surface area contributed by atoms with Gasteiger partial charge < -0.3 is 0 Å². The Morgan fingerprint density at radius 2 is 1.92 bits per heavy atom. The summed E-state index contributed by atoms with van der Waals surface area (Å²) in [4.78, 5) is 0. The van der Waals surface area contributed by atoms with Gasteiger partial charge in [0.15, 0.2) is 0 Å². The molecule has 74 valence electrons. The molecular weight excluding hydrogens is 163 g/mol. The van der Waals surface area contributed by atoms with Crippen molar-refractivity contribution in [2.45, 2.75) is 34.1 Å². The van der Waals surface area contributed by atoms with Gasteiger partial charge in [-0.1, -0.05) is 31.6 Å². The second-order valence-electron chi connectivity index (χ2n) is 3.57. The topological polar surface area (TPSA) is 0 Å². The molecule has 1 unspecified atom stereocenters. The maximum absolute atomic E-state index is 13.1. The average Bonchev–Trinajstić information content (AvgIpc) is 2.01. The third-order valence-electron chi connectivity index (χ3n) is 2.14. The Hall–Kier alpha value is -0.850. The van der Waals surface area contributed by atoms with Gasteiger partial charge in [-0.25, -0.2) is 4.39 Å². The van der Waals surface area contributed by atoms with Gasteiger partial charge in [-0.3, -0.25) is 0 Å². The highest BCUT2D eigenvalue weighted by atomic mass is 19.1. The van der Waals surface area contributed by atoms with Crippen LogP contribution in [0.5, 0.6) is 0 Å². The van der Waals surface area contributed by atoms with Gasteiger partial charge in [0.25, 0.3) is 0 Å². The minimum absolute atomic E-state index is 0.203. The number of hydrogen-bond donors (Lipinski definition) is 0. The molecule has 0 saturated heterocycles. The number of halogens is 1. The fourth-order valence-electron chi connectivity index (χ4n) is 0.959. The van der Waals surface area contributed by atoms with Crippen LogP contribution in [0.15, 0.2) is 35.7 Å². The van der Waals surface area contributed by atoms with E-state index in [4.69, 9.17) is 0 Å². The smallest absolute Gasteiger partial charge is 0.123 e. The quantitative estimate of drug-likeness (QED) is 0.565. The van der Waals surface area contributed by atoms with Gasteiger partial charge in [-0.2, -0.15) is 0 Å². The molecule has 0 aromatic rings. The minimum atomic E-state index is -0.203. The van der Waals surface area contributed by atoms with Crippen LogP contribution in [-0.4, -0.2) is 0 Å². The van der Waals surface area contributed by atoms with Crippen molar-refractivity contribution in [2.75, 3.05) is 0 Å². The zero-order valence-electron chi connectivity index (χ0n) is 9.02. The Morgan fingerprint density at radius 1 is 1.38 bits per heavy atom. The predicted octanol–water partition coefficient (Wildman–Crippen LogP) is 4.41. The van der Waals surface area contributed by atoms with Crippen molar-refractivity contribution in [1.29, 1.82) is 0 Å². The lowest BCUT2D eigenvalue weighted by molar-refractivity contribution is 0.631. The van der Waals surface area contributed by atoms with Crippen molar-refractivity contribution in [2.24, 2.45) is 5.92 Å². The summed E-state index contributed by atoms with van der Waals surface area (Å²) in [6.07, 6.45) is 4.08. The molecule has 0 fully saturated rings. The Kier molecular flexibility index (Phi) is 5.36. The largest absolute Gasteiger partial charge is 0.207 e. The van der Waals surface area contributed by atoms with Gasteiger partial charge in [-0.15, -0.1) is 0 Å². The van der Waals surface area contributed by atoms with E-state index in [2.05, 4.69) is 20.4 Å². The zero-order valence-corrected chi connectivity index (χ0v) is 9.02. The third kappa shape index (κ3) is 5.40. The summed E-state index contributed by atoms with van der Waals surface area (Å²) in [5, 5.41) is 0. The van der Waals surface area contributed by atoms with E-state index in [1.54, 1.807) is 13.0 Å². The van der Waals surface area contributed by atoms with Crippen molar-refractivity contribution in [3.05, 3.63) is 35.7 Å². The molecule has 0 N–H and O–H groups in total. The highest BCUT2D eigenvalue weighted by Crippen LogP contribution is 2.16. The number of rotatable bonds is 4. The van der Waals surface area contributed by atoms with E-state index in [0.717, 1.165) is 17.6 Å². The number of allylic oxidation sites excluding steroid dienone is 5. The molecule has 1 atom stereocenters. The van der Waals surface area contributed by atoms with E-state index in [1.807, 2.05) is 6.92 Å². The lowest BCUT2D eigenvalue weighted by atomic mass is 9.99. The predicted molar refractivity (Wildman–Crippen MR) is 57.2 cm³/mol. The van der Waals surface area contributed by atoms with Crippen LogP contribution < -0.4 is 0 Å². The van der Waals surface area contributed by atoms with Gasteiger partial charge in [0.2, 0.25) is 0 Å². The van der Waals surface area contributed by atoms with Crippen LogP contribution in [0.3, 0.4) is 0 Å². The molecule has 0 aliphatic heterocycles. The first kappa shape index (κ1) is 12.2. The summed E-state index contributed by atoms with van der Waals surface area (Å²) >= 11 is 0. The zero-order chi connectivity index (χ0) is 10.4. The lowest BCUT2D eigenvalue weighted by Gasteiger charge is -2.07. The van der Waals surface area contributed by atoms with Crippen molar-refractivity contribution < 1.29 is 4.39 Å². The Balaban J connectivity index is 4.46. The molecule has 0 aromatic heterocycles. The highest BCUT2D eigenvalue weighted by Gasteiger charge is 2.01. The SMILES string of the molecule is C=C(C)C=C(F)C=C(C)C(C)CC. The van der Waals surface area contributed by atoms with Crippen LogP contribution in [-0.2, 0) is 0 Å². The first-order chi connectivity index (χ1) is 5.97. The third-order valence-corrected chi connectivity index (χ3v) is 2.14. The highest BCUT2D eigenvalue weighted by molar-refractivity contribution is 5.25. The van der Waals surface area contributed by atoms with Crippen LogP contribution >= 0.6 is 0 Å². The Morgan fingerprint density at radius 3 is 2.31 bits per heavy atom. The maximum atomic E-state index is 13.1. The van der Waals surface area contributed by atoms with Crippen molar-refractivity contribution in [1.82, 2.24) is 0 Å². The molecule has 0 aliphatic rings. The molecule has 0 rings (SSSR count). The number of hydrogen-bond acceptors (Lipinski definition) is 0.